The van der Waals surface area contributed by atoms with Crippen LogP contribution >= 0.6 is 0 Å². The number of nitrogens with zero attached hydrogens (tertiary/aromatic N) is 3. The summed E-state index contributed by atoms with van der Waals surface area (Å²) in [6.45, 7) is 0.786. The Hall–Kier alpha value is -1.42. The zero-order valence-corrected chi connectivity index (χ0v) is 11.2. The molecular weight excluding hydrogens is 236 g/mol. The summed E-state index contributed by atoms with van der Waals surface area (Å²) < 4.78 is 2.38. The van der Waals surface area contributed by atoms with Crippen LogP contribution in [0.25, 0.3) is 11.2 Å². The largest absolute Gasteiger partial charge is 0.330 e. The normalized spacial score (nSPS) is 21.5. The number of pyridine rings is 1. The van der Waals surface area contributed by atoms with Gasteiger partial charge in [0.15, 0.2) is 5.65 Å². The van der Waals surface area contributed by atoms with Crippen LogP contribution in [0.5, 0.6) is 0 Å². The van der Waals surface area contributed by atoms with Gasteiger partial charge in [0.2, 0.25) is 0 Å². The average molecular weight is 256 g/mol. The molecule has 0 aromatic carbocycles. The quantitative estimate of drug-likeness (QED) is 0.914. The Bertz CT molecular complexity index is 602. The van der Waals surface area contributed by atoms with E-state index >= 15 is 0 Å². The van der Waals surface area contributed by atoms with E-state index in [1.165, 1.54) is 37.9 Å². The minimum Gasteiger partial charge on any atom is -0.330 e. The molecule has 0 amide bonds. The second-order valence-electron chi connectivity index (χ2n) is 6.21. The fraction of sp³-hybridized carbons (Fsp3) is 0.600. The smallest absolute Gasteiger partial charge is 0.160 e. The first-order valence-electron chi connectivity index (χ1n) is 7.33. The molecular formula is C15H20N4. The van der Waals surface area contributed by atoms with Gasteiger partial charge in [0.1, 0.15) is 11.3 Å². The van der Waals surface area contributed by atoms with Gasteiger partial charge in [0.25, 0.3) is 0 Å². The van der Waals surface area contributed by atoms with Crippen LogP contribution in [0.1, 0.15) is 44.0 Å². The molecule has 0 aliphatic heterocycles. The molecule has 2 N–H and O–H groups in total. The van der Waals surface area contributed by atoms with E-state index in [1.54, 1.807) is 0 Å². The third kappa shape index (κ3) is 1.77. The minimum absolute atomic E-state index is 0.314. The summed E-state index contributed by atoms with van der Waals surface area (Å²) in [5.41, 5.74) is 8.41. The topological polar surface area (TPSA) is 56.7 Å². The van der Waals surface area contributed by atoms with Gasteiger partial charge < -0.3 is 10.3 Å². The van der Waals surface area contributed by atoms with Gasteiger partial charge in [0, 0.05) is 18.7 Å². The number of imidazole rings is 1. The summed E-state index contributed by atoms with van der Waals surface area (Å²) in [6.07, 6.45) is 9.26. The van der Waals surface area contributed by atoms with Gasteiger partial charge in [-0.05, 0) is 49.8 Å². The van der Waals surface area contributed by atoms with Crippen LogP contribution < -0.4 is 5.73 Å². The van der Waals surface area contributed by atoms with Crippen molar-refractivity contribution < 1.29 is 0 Å². The number of hydrogen-bond acceptors (Lipinski definition) is 3. The fourth-order valence-electron chi connectivity index (χ4n) is 3.28. The van der Waals surface area contributed by atoms with Crippen LogP contribution in [0.2, 0.25) is 0 Å². The molecule has 2 aliphatic carbocycles. The number of rotatable bonds is 4. The van der Waals surface area contributed by atoms with Crippen molar-refractivity contribution in [2.45, 2.75) is 44.6 Å². The Morgan fingerprint density at radius 3 is 2.84 bits per heavy atom. The van der Waals surface area contributed by atoms with Gasteiger partial charge in [-0.2, -0.15) is 0 Å². The molecule has 100 valence electrons. The SMILES string of the molecule is NCC1(Cc2nc3cccnc3n2C2CC2)CCC1. The molecule has 0 spiro atoms. The van der Waals surface area contributed by atoms with Crippen molar-refractivity contribution in [3.63, 3.8) is 0 Å². The highest BCUT2D eigenvalue weighted by atomic mass is 15.2. The van der Waals surface area contributed by atoms with Crippen molar-refractivity contribution in [1.82, 2.24) is 14.5 Å². The van der Waals surface area contributed by atoms with E-state index in [-0.39, 0.29) is 0 Å². The molecule has 2 fully saturated rings. The molecule has 0 saturated heterocycles. The Morgan fingerprint density at radius 1 is 1.37 bits per heavy atom. The van der Waals surface area contributed by atoms with Gasteiger partial charge in [-0.3, -0.25) is 0 Å². The van der Waals surface area contributed by atoms with Crippen LogP contribution in [0.4, 0.5) is 0 Å². The second kappa shape index (κ2) is 4.04. The highest BCUT2D eigenvalue weighted by Crippen LogP contribution is 2.45. The van der Waals surface area contributed by atoms with Crippen molar-refractivity contribution in [3.8, 4) is 0 Å². The first-order chi connectivity index (χ1) is 9.31. The molecule has 2 aromatic heterocycles. The maximum Gasteiger partial charge on any atom is 0.160 e. The van der Waals surface area contributed by atoms with Crippen molar-refractivity contribution in [1.29, 1.82) is 0 Å². The Kier molecular flexibility index (Phi) is 2.42. The lowest BCUT2D eigenvalue weighted by Gasteiger charge is -2.40. The lowest BCUT2D eigenvalue weighted by Crippen LogP contribution is -2.39. The molecule has 0 unspecified atom stereocenters. The molecule has 4 rings (SSSR count). The third-order valence-electron chi connectivity index (χ3n) is 4.81. The number of aromatic nitrogens is 3. The van der Waals surface area contributed by atoms with E-state index in [2.05, 4.69) is 15.6 Å². The van der Waals surface area contributed by atoms with Crippen LogP contribution in [-0.2, 0) is 6.42 Å². The molecule has 2 aliphatic rings. The maximum atomic E-state index is 6.00. The number of nitrogens with two attached hydrogens (primary N) is 1. The molecule has 0 atom stereocenters. The lowest BCUT2D eigenvalue weighted by atomic mass is 9.66. The summed E-state index contributed by atoms with van der Waals surface area (Å²) in [5.74, 6) is 1.21. The van der Waals surface area contributed by atoms with Gasteiger partial charge in [-0.15, -0.1) is 0 Å². The molecule has 0 radical (unpaired) electrons. The van der Waals surface area contributed by atoms with Crippen LogP contribution in [0, 0.1) is 5.41 Å². The zero-order chi connectivity index (χ0) is 12.9. The number of fused-ring (bicyclic) bond motifs is 1. The molecule has 4 nitrogen and oxygen atoms in total. The summed E-state index contributed by atoms with van der Waals surface area (Å²) in [4.78, 5) is 9.37. The molecule has 4 heteroatoms. The maximum absolute atomic E-state index is 6.00. The second-order valence-corrected chi connectivity index (χ2v) is 6.21. The summed E-state index contributed by atoms with van der Waals surface area (Å²) in [7, 11) is 0. The number of hydrogen-bond donors (Lipinski definition) is 1. The monoisotopic (exact) mass is 256 g/mol. The van der Waals surface area contributed by atoms with E-state index in [1.807, 2.05) is 12.3 Å². The van der Waals surface area contributed by atoms with E-state index < -0.39 is 0 Å². The minimum atomic E-state index is 0.314. The van der Waals surface area contributed by atoms with Crippen LogP contribution in [0.15, 0.2) is 18.3 Å². The molecule has 2 saturated carbocycles. The van der Waals surface area contributed by atoms with Crippen molar-refractivity contribution in [2.24, 2.45) is 11.1 Å². The summed E-state index contributed by atoms with van der Waals surface area (Å²) in [6, 6.07) is 4.67. The Labute approximate surface area is 113 Å². The highest BCUT2D eigenvalue weighted by Gasteiger charge is 2.38. The Balaban J connectivity index is 1.78. The predicted molar refractivity (Wildman–Crippen MR) is 74.8 cm³/mol. The van der Waals surface area contributed by atoms with Crippen molar-refractivity contribution >= 4 is 11.2 Å². The van der Waals surface area contributed by atoms with Crippen molar-refractivity contribution in [3.05, 3.63) is 24.2 Å². The highest BCUT2D eigenvalue weighted by molar-refractivity contribution is 5.71. The fourth-order valence-corrected chi connectivity index (χ4v) is 3.28. The standard InChI is InChI=1S/C15H20N4/c16-10-15(6-2-7-15)9-13-18-12-3-1-8-17-14(12)19(13)11-4-5-11/h1,3,8,11H,2,4-7,9-10,16H2. The average Bonchev–Trinajstić information content (AvgIpc) is 3.15. The van der Waals surface area contributed by atoms with E-state index in [4.69, 9.17) is 10.7 Å². The van der Waals surface area contributed by atoms with E-state index in [9.17, 15) is 0 Å². The first kappa shape index (κ1) is 11.4. The van der Waals surface area contributed by atoms with Gasteiger partial charge in [0.05, 0.1) is 0 Å². The van der Waals surface area contributed by atoms with Crippen LogP contribution in [-0.4, -0.2) is 21.1 Å². The van der Waals surface area contributed by atoms with Gasteiger partial charge in [-0.1, -0.05) is 6.42 Å². The zero-order valence-electron chi connectivity index (χ0n) is 11.2. The lowest BCUT2D eigenvalue weighted by molar-refractivity contribution is 0.140. The van der Waals surface area contributed by atoms with E-state index in [0.29, 0.717) is 11.5 Å². The molecule has 19 heavy (non-hydrogen) atoms. The van der Waals surface area contributed by atoms with Crippen molar-refractivity contribution in [2.75, 3.05) is 6.54 Å². The molecule has 2 heterocycles. The van der Waals surface area contributed by atoms with Gasteiger partial charge in [-0.25, -0.2) is 9.97 Å². The first-order valence-corrected chi connectivity index (χ1v) is 7.33. The predicted octanol–water partition coefficient (Wildman–Crippen LogP) is 2.44. The van der Waals surface area contributed by atoms with Gasteiger partial charge >= 0.3 is 0 Å². The third-order valence-corrected chi connectivity index (χ3v) is 4.81. The summed E-state index contributed by atoms with van der Waals surface area (Å²) >= 11 is 0. The summed E-state index contributed by atoms with van der Waals surface area (Å²) in [5, 5.41) is 0. The molecule has 0 bridgehead atoms. The van der Waals surface area contributed by atoms with Crippen LogP contribution in [0.3, 0.4) is 0 Å². The molecule has 2 aromatic rings. The van der Waals surface area contributed by atoms with E-state index in [0.717, 1.165) is 24.1 Å². The Morgan fingerprint density at radius 2 is 2.21 bits per heavy atom.